The van der Waals surface area contributed by atoms with Crippen LogP contribution in [-0.4, -0.2) is 33.1 Å². The maximum absolute atomic E-state index is 12.2. The van der Waals surface area contributed by atoms with E-state index < -0.39 is 5.63 Å². The normalized spacial score (nSPS) is 11.4. The Morgan fingerprint density at radius 2 is 2.05 bits per heavy atom. The van der Waals surface area contributed by atoms with Gasteiger partial charge in [0.05, 0.1) is 42.1 Å². The highest BCUT2D eigenvalue weighted by molar-refractivity contribution is 7.21. The van der Waals surface area contributed by atoms with Crippen LogP contribution in [0, 0.1) is 0 Å². The van der Waals surface area contributed by atoms with Crippen molar-refractivity contribution < 1.29 is 14.1 Å². The fourth-order valence-electron chi connectivity index (χ4n) is 2.27. The quantitative estimate of drug-likeness (QED) is 0.702. The highest BCUT2D eigenvalue weighted by atomic mass is 32.1. The maximum Gasteiger partial charge on any atom is 0.345 e. The fraction of sp³-hybridized carbons (Fsp3) is 0.250. The number of hydrogen-bond acceptors (Lipinski definition) is 4. The van der Waals surface area contributed by atoms with Gasteiger partial charge in [-0.25, -0.2) is 4.79 Å². The SMILES string of the molecule is C[NH+](C)CCNC(=O)c1cc2c(=O)oc3ccccc3c2s1. The number of amides is 1. The Bertz CT molecular complexity index is 895. The van der Waals surface area contributed by atoms with E-state index in [4.69, 9.17) is 4.42 Å². The van der Waals surface area contributed by atoms with Crippen LogP contribution in [0.15, 0.2) is 39.5 Å². The molecule has 0 aliphatic rings. The molecule has 0 radical (unpaired) electrons. The van der Waals surface area contributed by atoms with Crippen molar-refractivity contribution in [1.82, 2.24) is 5.32 Å². The van der Waals surface area contributed by atoms with E-state index >= 15 is 0 Å². The van der Waals surface area contributed by atoms with Gasteiger partial charge in [-0.15, -0.1) is 11.3 Å². The third-order valence-corrected chi connectivity index (χ3v) is 4.59. The van der Waals surface area contributed by atoms with Crippen LogP contribution < -0.4 is 15.8 Å². The first-order chi connectivity index (χ1) is 10.6. The zero-order valence-corrected chi connectivity index (χ0v) is 13.3. The zero-order valence-electron chi connectivity index (χ0n) is 12.4. The van der Waals surface area contributed by atoms with Gasteiger partial charge in [0.25, 0.3) is 5.91 Å². The summed E-state index contributed by atoms with van der Waals surface area (Å²) in [6, 6.07) is 8.99. The highest BCUT2D eigenvalue weighted by Crippen LogP contribution is 2.30. The molecule has 2 N–H and O–H groups in total. The zero-order chi connectivity index (χ0) is 15.7. The molecule has 22 heavy (non-hydrogen) atoms. The average molecular weight is 317 g/mol. The summed E-state index contributed by atoms with van der Waals surface area (Å²) in [5, 5.41) is 4.20. The molecule has 0 spiro atoms. The van der Waals surface area contributed by atoms with Crippen molar-refractivity contribution in [2.45, 2.75) is 0 Å². The minimum absolute atomic E-state index is 0.147. The van der Waals surface area contributed by atoms with Crippen LogP contribution in [-0.2, 0) is 0 Å². The summed E-state index contributed by atoms with van der Waals surface area (Å²) >= 11 is 1.33. The van der Waals surface area contributed by atoms with Crippen LogP contribution in [0.4, 0.5) is 0 Å². The molecule has 0 fully saturated rings. The molecule has 0 bridgehead atoms. The Labute approximate surface area is 131 Å². The lowest BCUT2D eigenvalue weighted by Crippen LogP contribution is -3.06. The molecule has 0 aliphatic heterocycles. The highest BCUT2D eigenvalue weighted by Gasteiger charge is 2.15. The van der Waals surface area contributed by atoms with E-state index in [9.17, 15) is 9.59 Å². The minimum Gasteiger partial charge on any atom is -0.422 e. The number of carbonyl (C=O) groups is 1. The summed E-state index contributed by atoms with van der Waals surface area (Å²) < 4.78 is 6.10. The number of likely N-dealkylation sites (N-methyl/N-ethyl adjacent to an activating group) is 1. The number of benzene rings is 1. The lowest BCUT2D eigenvalue weighted by Gasteiger charge is -2.07. The first kappa shape index (κ1) is 14.7. The van der Waals surface area contributed by atoms with Gasteiger partial charge < -0.3 is 14.6 Å². The van der Waals surface area contributed by atoms with E-state index in [0.717, 1.165) is 16.6 Å². The van der Waals surface area contributed by atoms with Gasteiger partial charge in [0.15, 0.2) is 0 Å². The second kappa shape index (κ2) is 5.90. The maximum atomic E-state index is 12.2. The summed E-state index contributed by atoms with van der Waals surface area (Å²) in [4.78, 5) is 26.0. The van der Waals surface area contributed by atoms with Crippen molar-refractivity contribution in [3.05, 3.63) is 45.6 Å². The van der Waals surface area contributed by atoms with Gasteiger partial charge in [-0.05, 0) is 18.2 Å². The van der Waals surface area contributed by atoms with Gasteiger partial charge in [0.1, 0.15) is 5.58 Å². The Morgan fingerprint density at radius 1 is 1.27 bits per heavy atom. The third kappa shape index (κ3) is 2.75. The first-order valence-corrected chi connectivity index (χ1v) is 7.90. The van der Waals surface area contributed by atoms with E-state index in [1.54, 1.807) is 12.1 Å². The third-order valence-electron chi connectivity index (χ3n) is 3.42. The predicted molar refractivity (Wildman–Crippen MR) is 87.9 cm³/mol. The molecule has 114 valence electrons. The van der Waals surface area contributed by atoms with Crippen LogP contribution in [0.3, 0.4) is 0 Å². The Hall–Kier alpha value is -2.18. The van der Waals surface area contributed by atoms with Crippen LogP contribution in [0.1, 0.15) is 9.67 Å². The first-order valence-electron chi connectivity index (χ1n) is 7.09. The van der Waals surface area contributed by atoms with Gasteiger partial charge >= 0.3 is 5.63 Å². The molecule has 0 aliphatic carbocycles. The molecule has 3 rings (SSSR count). The number of quaternary nitrogens is 1. The van der Waals surface area contributed by atoms with Gasteiger partial charge in [0, 0.05) is 5.39 Å². The average Bonchev–Trinajstić information content (AvgIpc) is 2.93. The van der Waals surface area contributed by atoms with Gasteiger partial charge in [-0.2, -0.15) is 0 Å². The Kier molecular flexibility index (Phi) is 3.96. The van der Waals surface area contributed by atoms with E-state index in [1.165, 1.54) is 16.2 Å². The number of para-hydroxylation sites is 1. The van der Waals surface area contributed by atoms with E-state index in [0.29, 0.717) is 22.4 Å². The minimum atomic E-state index is -0.401. The summed E-state index contributed by atoms with van der Waals surface area (Å²) in [7, 11) is 4.06. The van der Waals surface area contributed by atoms with Crippen LogP contribution in [0.25, 0.3) is 21.1 Å². The molecule has 0 atom stereocenters. The Balaban J connectivity index is 1.99. The summed E-state index contributed by atoms with van der Waals surface area (Å²) in [6.07, 6.45) is 0. The van der Waals surface area contributed by atoms with Crippen molar-refractivity contribution in [3.8, 4) is 0 Å². The summed E-state index contributed by atoms with van der Waals surface area (Å²) in [5.41, 5.74) is 0.145. The van der Waals surface area contributed by atoms with Crippen LogP contribution in [0.5, 0.6) is 0 Å². The van der Waals surface area contributed by atoms with Gasteiger partial charge in [0.2, 0.25) is 0 Å². The molecule has 0 saturated carbocycles. The number of rotatable bonds is 4. The van der Waals surface area contributed by atoms with Gasteiger partial charge in [-0.3, -0.25) is 4.79 Å². The lowest BCUT2D eigenvalue weighted by molar-refractivity contribution is -0.856. The molecule has 6 heteroatoms. The number of carbonyl (C=O) groups excluding carboxylic acids is 1. The molecule has 1 aromatic carbocycles. The van der Waals surface area contributed by atoms with Gasteiger partial charge in [-0.1, -0.05) is 12.1 Å². The van der Waals surface area contributed by atoms with Crippen LogP contribution in [0.2, 0.25) is 0 Å². The van der Waals surface area contributed by atoms with Crippen molar-refractivity contribution in [2.75, 3.05) is 27.2 Å². The van der Waals surface area contributed by atoms with E-state index in [1.807, 2.05) is 32.3 Å². The molecule has 2 aromatic heterocycles. The predicted octanol–water partition coefficient (Wildman–Crippen LogP) is 0.882. The van der Waals surface area contributed by atoms with Crippen molar-refractivity contribution in [2.24, 2.45) is 0 Å². The number of hydrogen-bond donors (Lipinski definition) is 2. The van der Waals surface area contributed by atoms with E-state index in [2.05, 4.69) is 5.32 Å². The molecule has 0 saturated heterocycles. The lowest BCUT2D eigenvalue weighted by atomic mass is 10.2. The summed E-state index contributed by atoms with van der Waals surface area (Å²) in [6.45, 7) is 1.45. The Morgan fingerprint density at radius 3 is 2.82 bits per heavy atom. The summed E-state index contributed by atoms with van der Waals surface area (Å²) in [5.74, 6) is -0.147. The van der Waals surface area contributed by atoms with Crippen molar-refractivity contribution >= 4 is 38.3 Å². The van der Waals surface area contributed by atoms with E-state index in [-0.39, 0.29) is 5.91 Å². The number of thiophene rings is 1. The molecule has 3 aromatic rings. The molecule has 1 amide bonds. The largest absolute Gasteiger partial charge is 0.422 e. The van der Waals surface area contributed by atoms with Crippen LogP contribution >= 0.6 is 11.3 Å². The standard InChI is InChI=1S/C16H16N2O3S/c1-18(2)8-7-17-15(19)13-9-11-14(22-13)10-5-3-4-6-12(10)21-16(11)20/h3-6,9H,7-8H2,1-2H3,(H,17,19)/p+1. The van der Waals surface area contributed by atoms with Crippen molar-refractivity contribution in [1.29, 1.82) is 0 Å². The second-order valence-electron chi connectivity index (χ2n) is 5.45. The fourth-order valence-corrected chi connectivity index (χ4v) is 3.36. The molecule has 2 heterocycles. The molecule has 5 nitrogen and oxygen atoms in total. The second-order valence-corrected chi connectivity index (χ2v) is 6.50. The van der Waals surface area contributed by atoms with Crippen molar-refractivity contribution in [3.63, 3.8) is 0 Å². The molecule has 0 unspecified atom stereocenters. The topological polar surface area (TPSA) is 63.8 Å². The number of fused-ring (bicyclic) bond motifs is 3. The smallest absolute Gasteiger partial charge is 0.345 e. The molecular weight excluding hydrogens is 300 g/mol. The molecular formula is C16H17N2O3S+. The monoisotopic (exact) mass is 317 g/mol. The number of nitrogens with one attached hydrogen (secondary N) is 2.